The second-order valence-corrected chi connectivity index (χ2v) is 14.1. The van der Waals surface area contributed by atoms with Crippen LogP contribution in [0.1, 0.15) is 64.5 Å². The third-order valence-electron chi connectivity index (χ3n) is 10.3. The first kappa shape index (κ1) is 40.2. The molecule has 1 amide bonds. The molecule has 6 rings (SSSR count). The van der Waals surface area contributed by atoms with Crippen molar-refractivity contribution in [1.29, 1.82) is 5.26 Å². The Morgan fingerprint density at radius 2 is 1.82 bits per heavy atom. The van der Waals surface area contributed by atoms with Gasteiger partial charge in [0, 0.05) is 67.9 Å². The van der Waals surface area contributed by atoms with Crippen LogP contribution in [0.25, 0.3) is 22.3 Å². The maximum absolute atomic E-state index is 14.0. The van der Waals surface area contributed by atoms with Crippen LogP contribution in [-0.4, -0.2) is 96.8 Å². The second kappa shape index (κ2) is 17.2. The van der Waals surface area contributed by atoms with Crippen LogP contribution in [0, 0.1) is 33.3 Å². The minimum Gasteiger partial charge on any atom is -0.467 e. The van der Waals surface area contributed by atoms with Gasteiger partial charge >= 0.3 is 23.9 Å². The van der Waals surface area contributed by atoms with Gasteiger partial charge in [0.1, 0.15) is 12.1 Å². The number of hydrogen-bond acceptors (Lipinski definition) is 15. The molecule has 1 aliphatic heterocycles. The number of carbonyl (C=O) groups excluding carboxylic acids is 4. The first-order chi connectivity index (χ1) is 27.3. The Bertz CT molecular complexity index is 2210. The van der Waals surface area contributed by atoms with E-state index in [4.69, 9.17) is 23.7 Å². The summed E-state index contributed by atoms with van der Waals surface area (Å²) >= 11 is 0. The number of rotatable bonds is 12. The van der Waals surface area contributed by atoms with Gasteiger partial charge < -0.3 is 28.6 Å². The number of aromatic nitrogens is 5. The molecule has 0 unspecified atom stereocenters. The number of non-ortho nitro benzene ring substituents is 1. The number of nitrogens with zero attached hydrogens (tertiary/aromatic N) is 8. The Morgan fingerprint density at radius 3 is 2.49 bits per heavy atom. The number of fused-ring (bicyclic) bond motifs is 1. The van der Waals surface area contributed by atoms with Gasteiger partial charge in [-0.1, -0.05) is 19.8 Å². The molecule has 0 spiro atoms. The lowest BCUT2D eigenvalue weighted by atomic mass is 9.90. The average Bonchev–Trinajstić information content (AvgIpc) is 3.98. The molecule has 4 aromatic rings. The number of hydrogen-bond donors (Lipinski definition) is 0. The summed E-state index contributed by atoms with van der Waals surface area (Å²) in [6, 6.07) is 7.05. The Balaban J connectivity index is 1.29. The predicted octanol–water partition coefficient (Wildman–Crippen LogP) is 4.72. The number of carbonyl (C=O) groups is 4. The summed E-state index contributed by atoms with van der Waals surface area (Å²) in [5.41, 5.74) is 1.36. The summed E-state index contributed by atoms with van der Waals surface area (Å²) in [6.07, 6.45) is 5.60. The van der Waals surface area contributed by atoms with Gasteiger partial charge in [-0.05, 0) is 30.9 Å². The van der Waals surface area contributed by atoms with E-state index in [0.717, 1.165) is 46.6 Å². The Kier molecular flexibility index (Phi) is 12.1. The minimum absolute atomic E-state index is 0.0200. The third-order valence-corrected chi connectivity index (χ3v) is 10.3. The van der Waals surface area contributed by atoms with Crippen LogP contribution in [0.4, 0.5) is 10.5 Å². The lowest BCUT2D eigenvalue weighted by Gasteiger charge is -2.42. The fraction of sp³-hybridized carbons (Fsp3) is 0.474. The van der Waals surface area contributed by atoms with Crippen molar-refractivity contribution in [3.63, 3.8) is 0 Å². The number of nitro benzene ring substituents is 1. The van der Waals surface area contributed by atoms with E-state index in [0.29, 0.717) is 34.6 Å². The van der Waals surface area contributed by atoms with Crippen LogP contribution in [0.3, 0.4) is 0 Å². The summed E-state index contributed by atoms with van der Waals surface area (Å²) in [4.78, 5) is 72.5. The third kappa shape index (κ3) is 8.55. The number of amides is 1. The topological polar surface area (TPSA) is 233 Å². The molecule has 0 radical (unpaired) electrons. The first-order valence-electron chi connectivity index (χ1n) is 18.3. The molecule has 4 heterocycles. The molecule has 57 heavy (non-hydrogen) atoms. The predicted molar refractivity (Wildman–Crippen MR) is 197 cm³/mol. The minimum atomic E-state index is -1.57. The standard InChI is InChI=1S/C38H42N8O11/c1-21-32(54-22(2)47)34(55-23(3)48)37(57-33(21)36(49)53-5)56-30-11-10-27(46(51)52)16-25(30)18-43(4)38(50)44-15-13-28-31(40-20-41-35(28)44)26-17-42-45(19-26)29(12-14-39)24-8-6-7-9-24/h10-11,13,15-17,19-21,24,29,32-34,37H,6-9,12,18H2,1-5H3/t21-,29+,32-,33-,34+,37+/m0/s1. The van der Waals surface area contributed by atoms with Crippen molar-refractivity contribution in [2.45, 2.75) is 90.1 Å². The molecule has 6 atom stereocenters. The van der Waals surface area contributed by atoms with Crippen LogP contribution in [-0.2, 0) is 39.9 Å². The maximum Gasteiger partial charge on any atom is 0.335 e. The molecular weight excluding hydrogens is 744 g/mol. The fourth-order valence-electron chi connectivity index (χ4n) is 7.57. The van der Waals surface area contributed by atoms with E-state index in [1.807, 2.05) is 10.9 Å². The fourth-order valence-corrected chi connectivity index (χ4v) is 7.57. The Labute approximate surface area is 326 Å². The van der Waals surface area contributed by atoms with Crippen molar-refractivity contribution < 1.29 is 47.8 Å². The summed E-state index contributed by atoms with van der Waals surface area (Å²) < 4.78 is 31.2. The van der Waals surface area contributed by atoms with Crippen LogP contribution >= 0.6 is 0 Å². The normalized spacial score (nSPS) is 21.3. The van der Waals surface area contributed by atoms with Gasteiger partial charge in [-0.15, -0.1) is 0 Å². The van der Waals surface area contributed by atoms with Gasteiger partial charge in [-0.25, -0.2) is 19.6 Å². The molecule has 300 valence electrons. The highest BCUT2D eigenvalue weighted by molar-refractivity contribution is 5.96. The number of nitriles is 1. The van der Waals surface area contributed by atoms with Crippen molar-refractivity contribution in [2.75, 3.05) is 14.2 Å². The monoisotopic (exact) mass is 786 g/mol. The van der Waals surface area contributed by atoms with Gasteiger partial charge in [0.15, 0.2) is 17.9 Å². The smallest absolute Gasteiger partial charge is 0.335 e. The number of esters is 3. The number of ether oxygens (including phenoxy) is 5. The van der Waals surface area contributed by atoms with Crippen LogP contribution in [0.2, 0.25) is 0 Å². The van der Waals surface area contributed by atoms with Crippen LogP contribution in [0.15, 0.2) is 49.2 Å². The molecule has 2 fully saturated rings. The molecular formula is C38H42N8O11. The summed E-state index contributed by atoms with van der Waals surface area (Å²) in [5.74, 6) is -2.81. The molecule has 0 bridgehead atoms. The molecule has 1 saturated carbocycles. The summed E-state index contributed by atoms with van der Waals surface area (Å²) in [7, 11) is 2.62. The SMILES string of the molecule is COC(=O)[C@H]1O[C@@H](Oc2ccc([N+](=O)[O-])cc2CN(C)C(=O)n2ccc3c(-c4cnn([C@H](CC#N)C5CCCC5)c4)ncnc32)[C@H](OC(C)=O)[C@@H](OC(C)=O)[C@@H]1C. The number of benzene rings is 1. The van der Waals surface area contributed by atoms with E-state index >= 15 is 0 Å². The van der Waals surface area contributed by atoms with E-state index < -0.39 is 59.4 Å². The Hall–Kier alpha value is -6.42. The van der Waals surface area contributed by atoms with Crippen molar-refractivity contribution in [2.24, 2.45) is 11.8 Å². The van der Waals surface area contributed by atoms with Crippen LogP contribution in [0.5, 0.6) is 5.75 Å². The molecule has 19 heteroatoms. The second-order valence-electron chi connectivity index (χ2n) is 14.1. The van der Waals surface area contributed by atoms with Gasteiger partial charge in [-0.3, -0.25) is 29.0 Å². The molecule has 2 aliphatic rings. The van der Waals surface area contributed by atoms with Gasteiger partial charge in [0.05, 0.1) is 49.0 Å². The van der Waals surface area contributed by atoms with E-state index in [9.17, 15) is 34.6 Å². The average molecular weight is 787 g/mol. The van der Waals surface area contributed by atoms with Gasteiger partial charge in [0.2, 0.25) is 12.4 Å². The van der Waals surface area contributed by atoms with Crippen molar-refractivity contribution in [1.82, 2.24) is 29.2 Å². The number of nitro groups is 1. The highest BCUT2D eigenvalue weighted by Crippen LogP contribution is 2.38. The lowest BCUT2D eigenvalue weighted by molar-refractivity contribution is -0.385. The quantitative estimate of drug-likeness (QED) is 0.0818. The zero-order valence-electron chi connectivity index (χ0n) is 32.0. The molecule has 1 saturated heterocycles. The highest BCUT2D eigenvalue weighted by Gasteiger charge is 2.52. The van der Waals surface area contributed by atoms with E-state index in [2.05, 4.69) is 21.1 Å². The lowest BCUT2D eigenvalue weighted by Crippen LogP contribution is -2.60. The molecule has 1 aliphatic carbocycles. The summed E-state index contributed by atoms with van der Waals surface area (Å²) in [5, 5.41) is 26.5. The zero-order chi connectivity index (χ0) is 41.0. The molecule has 19 nitrogen and oxygen atoms in total. The van der Waals surface area contributed by atoms with E-state index in [1.165, 1.54) is 47.2 Å². The van der Waals surface area contributed by atoms with Gasteiger partial charge in [-0.2, -0.15) is 10.4 Å². The van der Waals surface area contributed by atoms with Crippen molar-refractivity contribution in [3.8, 4) is 23.1 Å². The van der Waals surface area contributed by atoms with E-state index in [1.54, 1.807) is 19.2 Å². The van der Waals surface area contributed by atoms with Gasteiger partial charge in [0.25, 0.3) is 5.69 Å². The first-order valence-corrected chi connectivity index (χ1v) is 18.3. The maximum atomic E-state index is 14.0. The Morgan fingerprint density at radius 1 is 1.11 bits per heavy atom. The summed E-state index contributed by atoms with van der Waals surface area (Å²) in [6.45, 7) is 3.59. The van der Waals surface area contributed by atoms with Crippen molar-refractivity contribution >= 4 is 40.7 Å². The molecule has 1 aromatic carbocycles. The van der Waals surface area contributed by atoms with Crippen molar-refractivity contribution in [3.05, 3.63) is 64.9 Å². The zero-order valence-corrected chi connectivity index (χ0v) is 32.0. The van der Waals surface area contributed by atoms with E-state index in [-0.39, 0.29) is 29.6 Å². The van der Waals surface area contributed by atoms with Crippen LogP contribution < -0.4 is 4.74 Å². The largest absolute Gasteiger partial charge is 0.467 e. The highest BCUT2D eigenvalue weighted by atomic mass is 16.7. The number of methoxy groups -OCH3 is 1. The molecule has 3 aromatic heterocycles. The molecule has 0 N–H and O–H groups in total.